The second kappa shape index (κ2) is 7.42. The van der Waals surface area contributed by atoms with Crippen LogP contribution in [0.4, 0.5) is 0 Å². The number of rotatable bonds is 5. The first-order valence-electron chi connectivity index (χ1n) is 9.86. The van der Waals surface area contributed by atoms with Gasteiger partial charge in [-0.3, -0.25) is 4.99 Å². The summed E-state index contributed by atoms with van der Waals surface area (Å²) >= 11 is 0. The van der Waals surface area contributed by atoms with Crippen LogP contribution in [0.25, 0.3) is 5.70 Å². The van der Waals surface area contributed by atoms with Gasteiger partial charge in [-0.05, 0) is 35.9 Å². The Morgan fingerprint density at radius 3 is 2.97 bits per heavy atom. The molecule has 4 rings (SSSR count). The molecule has 3 heterocycles. The number of nitrogens with one attached hydrogen (secondary N) is 1. The van der Waals surface area contributed by atoms with E-state index in [1.165, 1.54) is 5.57 Å². The Hall–Kier alpha value is -2.45. The Morgan fingerprint density at radius 1 is 1.38 bits per heavy atom. The molecule has 0 fully saturated rings. The molecule has 1 unspecified atom stereocenters. The minimum absolute atomic E-state index is 0.00503. The van der Waals surface area contributed by atoms with Crippen molar-refractivity contribution in [1.82, 2.24) is 10.2 Å². The van der Waals surface area contributed by atoms with Crippen LogP contribution in [0, 0.1) is 5.41 Å². The maximum absolute atomic E-state index is 12.4. The van der Waals surface area contributed by atoms with E-state index in [2.05, 4.69) is 27.5 Å². The molecule has 154 valence electrons. The zero-order chi connectivity index (χ0) is 20.6. The Labute approximate surface area is 171 Å². The number of sulfone groups is 1. The first-order valence-corrected chi connectivity index (χ1v) is 11.5. The zero-order valence-corrected chi connectivity index (χ0v) is 17.5. The van der Waals surface area contributed by atoms with Gasteiger partial charge in [0.15, 0.2) is 9.84 Å². The lowest BCUT2D eigenvalue weighted by molar-refractivity contribution is 0.306. The number of aliphatic hydroxyl groups excluding tert-OH is 1. The molecule has 0 radical (unpaired) electrons. The molecule has 29 heavy (non-hydrogen) atoms. The summed E-state index contributed by atoms with van der Waals surface area (Å²) in [5, 5.41) is 12.5. The van der Waals surface area contributed by atoms with E-state index in [0.717, 1.165) is 42.3 Å². The van der Waals surface area contributed by atoms with Gasteiger partial charge in [0, 0.05) is 25.7 Å². The topological polar surface area (TPSA) is 94.4 Å². The standard InChI is InChI=1S/C21H26N4O3S/c1-3-29(27,28)16-6-4-5-15(13-16)19-17-14-25(2)11-9-21(17)8-7-18(22-10-12-26)23-20(21)24-19/h4-6,9,11,13,26H,3,7-8,10,12,14H2,1-2H3,(H,22,23,24). The highest BCUT2D eigenvalue weighted by Crippen LogP contribution is 2.48. The maximum atomic E-state index is 12.4. The fourth-order valence-corrected chi connectivity index (χ4v) is 5.08. The largest absolute Gasteiger partial charge is 0.394 e. The van der Waals surface area contributed by atoms with Crippen molar-refractivity contribution in [1.29, 1.82) is 0 Å². The molecule has 0 aliphatic carbocycles. The third-order valence-corrected chi connectivity index (χ3v) is 7.50. The molecule has 8 heteroatoms. The maximum Gasteiger partial charge on any atom is 0.178 e. The molecule has 0 aromatic heterocycles. The molecule has 3 aliphatic heterocycles. The monoisotopic (exact) mass is 414 g/mol. The van der Waals surface area contributed by atoms with E-state index in [0.29, 0.717) is 11.4 Å². The van der Waals surface area contributed by atoms with Gasteiger partial charge in [-0.1, -0.05) is 25.1 Å². The number of benzene rings is 1. The van der Waals surface area contributed by atoms with Crippen molar-refractivity contribution in [3.63, 3.8) is 0 Å². The summed E-state index contributed by atoms with van der Waals surface area (Å²) in [6, 6.07) is 7.13. The molecule has 7 nitrogen and oxygen atoms in total. The molecule has 3 aliphatic rings. The van der Waals surface area contributed by atoms with Crippen LogP contribution in [0.3, 0.4) is 0 Å². The molecule has 0 saturated carbocycles. The predicted molar refractivity (Wildman–Crippen MR) is 114 cm³/mol. The third-order valence-electron chi connectivity index (χ3n) is 5.77. The van der Waals surface area contributed by atoms with Gasteiger partial charge in [0.1, 0.15) is 11.7 Å². The molecule has 0 saturated heterocycles. The molecule has 1 atom stereocenters. The van der Waals surface area contributed by atoms with Crippen molar-refractivity contribution in [2.24, 2.45) is 15.4 Å². The second-order valence-electron chi connectivity index (χ2n) is 7.59. The lowest BCUT2D eigenvalue weighted by Gasteiger charge is -2.37. The average molecular weight is 415 g/mol. The molecule has 1 aromatic carbocycles. The second-order valence-corrected chi connectivity index (χ2v) is 9.87. The van der Waals surface area contributed by atoms with Gasteiger partial charge in [0.25, 0.3) is 0 Å². The highest BCUT2D eigenvalue weighted by Gasteiger charge is 2.48. The van der Waals surface area contributed by atoms with Gasteiger partial charge in [-0.2, -0.15) is 0 Å². The Balaban J connectivity index is 1.82. The summed E-state index contributed by atoms with van der Waals surface area (Å²) in [6.45, 7) is 2.75. The first-order chi connectivity index (χ1) is 13.9. The van der Waals surface area contributed by atoms with E-state index in [4.69, 9.17) is 10.1 Å². The molecular weight excluding hydrogens is 388 g/mol. The van der Waals surface area contributed by atoms with Crippen LogP contribution in [0.5, 0.6) is 0 Å². The number of nitrogens with zero attached hydrogens (tertiary/aromatic N) is 3. The van der Waals surface area contributed by atoms with Crippen molar-refractivity contribution < 1.29 is 13.5 Å². The summed E-state index contributed by atoms with van der Waals surface area (Å²) in [4.78, 5) is 11.6. The Bertz CT molecular complexity index is 1060. The van der Waals surface area contributed by atoms with Crippen molar-refractivity contribution >= 4 is 27.2 Å². The van der Waals surface area contributed by atoms with Crippen LogP contribution >= 0.6 is 0 Å². The molecule has 0 amide bonds. The van der Waals surface area contributed by atoms with Crippen LogP contribution < -0.4 is 5.32 Å². The van der Waals surface area contributed by atoms with E-state index >= 15 is 0 Å². The van der Waals surface area contributed by atoms with Crippen LogP contribution in [0.2, 0.25) is 0 Å². The highest BCUT2D eigenvalue weighted by molar-refractivity contribution is 7.91. The predicted octanol–water partition coefficient (Wildman–Crippen LogP) is 1.82. The van der Waals surface area contributed by atoms with Gasteiger partial charge in [-0.25, -0.2) is 13.4 Å². The average Bonchev–Trinajstić information content (AvgIpc) is 3.06. The number of likely N-dealkylation sites (N-methyl/N-ethyl adjacent to an activating group) is 1. The lowest BCUT2D eigenvalue weighted by Crippen LogP contribution is -2.41. The summed E-state index contributed by atoms with van der Waals surface area (Å²) in [7, 11) is -1.26. The van der Waals surface area contributed by atoms with E-state index in [1.807, 2.05) is 13.1 Å². The number of aliphatic hydroxyl groups is 1. The molecule has 1 aromatic rings. The van der Waals surface area contributed by atoms with E-state index in [1.54, 1.807) is 25.1 Å². The highest BCUT2D eigenvalue weighted by atomic mass is 32.2. The summed E-state index contributed by atoms with van der Waals surface area (Å²) in [6.07, 6.45) is 5.84. The van der Waals surface area contributed by atoms with Crippen LogP contribution in [0.15, 0.2) is 57.0 Å². The van der Waals surface area contributed by atoms with Gasteiger partial charge < -0.3 is 15.3 Å². The molecule has 1 spiro atoms. The normalized spacial score (nSPS) is 25.0. The number of amidine groups is 2. The van der Waals surface area contributed by atoms with Crippen molar-refractivity contribution in [3.8, 4) is 0 Å². The Kier molecular flexibility index (Phi) is 5.08. The molecule has 0 bridgehead atoms. The van der Waals surface area contributed by atoms with Crippen molar-refractivity contribution in [2.45, 2.75) is 24.7 Å². The fraction of sp³-hybridized carbons (Fsp3) is 0.429. The van der Waals surface area contributed by atoms with Crippen LogP contribution in [-0.2, 0) is 9.84 Å². The SMILES string of the molecule is CCS(=O)(=O)c1cccc(C2=C3CN(C)C=CC34CCC(=NCCO)N=C4N2)c1. The van der Waals surface area contributed by atoms with E-state index < -0.39 is 9.84 Å². The Morgan fingerprint density at radius 2 is 2.21 bits per heavy atom. The summed E-state index contributed by atoms with van der Waals surface area (Å²) in [5.41, 5.74) is 2.67. The first kappa shape index (κ1) is 19.8. The van der Waals surface area contributed by atoms with E-state index in [-0.39, 0.29) is 17.8 Å². The van der Waals surface area contributed by atoms with Gasteiger partial charge in [-0.15, -0.1) is 0 Å². The van der Waals surface area contributed by atoms with Gasteiger partial charge >= 0.3 is 0 Å². The van der Waals surface area contributed by atoms with E-state index in [9.17, 15) is 8.42 Å². The minimum atomic E-state index is -3.28. The van der Waals surface area contributed by atoms with Crippen molar-refractivity contribution in [3.05, 3.63) is 47.7 Å². The lowest BCUT2D eigenvalue weighted by atomic mass is 9.73. The van der Waals surface area contributed by atoms with Crippen LogP contribution in [-0.4, -0.2) is 62.6 Å². The number of hydrogen-bond donors (Lipinski definition) is 2. The van der Waals surface area contributed by atoms with Gasteiger partial charge in [0.05, 0.1) is 29.2 Å². The molecular formula is C21H26N4O3S. The zero-order valence-electron chi connectivity index (χ0n) is 16.7. The van der Waals surface area contributed by atoms with Gasteiger partial charge in [0.2, 0.25) is 0 Å². The summed E-state index contributed by atoms with van der Waals surface area (Å²) < 4.78 is 24.8. The molecule has 2 N–H and O–H groups in total. The number of hydrogen-bond acceptors (Lipinski definition) is 6. The van der Waals surface area contributed by atoms with Crippen molar-refractivity contribution in [2.75, 3.05) is 32.5 Å². The smallest absolute Gasteiger partial charge is 0.178 e. The number of aliphatic imine (C=N–C) groups is 2. The van der Waals surface area contributed by atoms with Crippen LogP contribution in [0.1, 0.15) is 25.3 Å². The summed E-state index contributed by atoms with van der Waals surface area (Å²) in [5.74, 6) is 1.64. The quantitative estimate of drug-likeness (QED) is 0.767. The third kappa shape index (κ3) is 3.40. The minimum Gasteiger partial charge on any atom is -0.394 e. The fourth-order valence-electron chi connectivity index (χ4n) is 4.15.